The first-order chi connectivity index (χ1) is 9.06. The summed E-state index contributed by atoms with van der Waals surface area (Å²) in [6, 6.07) is 5.49. The predicted molar refractivity (Wildman–Crippen MR) is 74.2 cm³/mol. The van der Waals surface area contributed by atoms with Crippen molar-refractivity contribution >= 4 is 5.69 Å². The fraction of sp³-hybridized carbons (Fsp3) is 0.400. The van der Waals surface area contributed by atoms with Gasteiger partial charge < -0.3 is 5.73 Å². The average Bonchev–Trinajstić information content (AvgIpc) is 3.15. The zero-order valence-electron chi connectivity index (χ0n) is 11.2. The van der Waals surface area contributed by atoms with Gasteiger partial charge in [-0.25, -0.2) is 4.39 Å². The molecule has 0 spiro atoms. The third-order valence-electron chi connectivity index (χ3n) is 3.93. The monoisotopic (exact) mass is 259 g/mol. The Balaban J connectivity index is 1.97. The zero-order chi connectivity index (χ0) is 13.6. The van der Waals surface area contributed by atoms with Crippen molar-refractivity contribution in [2.75, 3.05) is 5.73 Å². The molecule has 1 unspecified atom stereocenters. The highest BCUT2D eigenvalue weighted by Gasteiger charge is 2.30. The van der Waals surface area contributed by atoms with E-state index in [9.17, 15) is 4.39 Å². The molecule has 0 radical (unpaired) electrons. The lowest BCUT2D eigenvalue weighted by atomic mass is 10.1. The molecular weight excluding hydrogens is 241 g/mol. The molecule has 1 fully saturated rings. The van der Waals surface area contributed by atoms with Gasteiger partial charge in [-0.15, -0.1) is 0 Å². The van der Waals surface area contributed by atoms with E-state index >= 15 is 0 Å². The standard InChI is InChI=1S/C15H18FN3/c1-9-3-4-12(7-13(9)16)15-14(17)8-19(18-15)10(2)11-5-6-11/h3-4,7-8,10-11H,5-6,17H2,1-2H3. The molecule has 1 aromatic heterocycles. The van der Waals surface area contributed by atoms with Gasteiger partial charge in [0.1, 0.15) is 11.5 Å². The maximum atomic E-state index is 13.6. The topological polar surface area (TPSA) is 43.8 Å². The number of benzene rings is 1. The molecule has 1 atom stereocenters. The second kappa shape index (κ2) is 4.37. The molecule has 3 nitrogen and oxygen atoms in total. The van der Waals surface area contributed by atoms with Crippen molar-refractivity contribution in [2.24, 2.45) is 5.92 Å². The van der Waals surface area contributed by atoms with Crippen molar-refractivity contribution in [3.8, 4) is 11.3 Å². The number of halogens is 1. The summed E-state index contributed by atoms with van der Waals surface area (Å²) in [7, 11) is 0. The Kier molecular flexibility index (Phi) is 2.81. The molecule has 1 aliphatic carbocycles. The SMILES string of the molecule is Cc1ccc(-c2nn(C(C)C3CC3)cc2N)cc1F. The summed E-state index contributed by atoms with van der Waals surface area (Å²) >= 11 is 0. The minimum atomic E-state index is -0.221. The van der Waals surface area contributed by atoms with E-state index in [1.165, 1.54) is 18.9 Å². The normalized spacial score (nSPS) is 16.6. The Hall–Kier alpha value is -1.84. The molecule has 4 heteroatoms. The van der Waals surface area contributed by atoms with Gasteiger partial charge in [-0.1, -0.05) is 12.1 Å². The smallest absolute Gasteiger partial charge is 0.126 e. The van der Waals surface area contributed by atoms with Crippen molar-refractivity contribution in [3.05, 3.63) is 35.8 Å². The Bertz CT molecular complexity index is 614. The van der Waals surface area contributed by atoms with Gasteiger partial charge in [-0.3, -0.25) is 4.68 Å². The summed E-state index contributed by atoms with van der Waals surface area (Å²) in [4.78, 5) is 0. The molecule has 0 aliphatic heterocycles. The lowest BCUT2D eigenvalue weighted by Gasteiger charge is -2.09. The number of aryl methyl sites for hydroxylation is 1. The van der Waals surface area contributed by atoms with Crippen LogP contribution >= 0.6 is 0 Å². The van der Waals surface area contributed by atoms with Crippen LogP contribution in [0.5, 0.6) is 0 Å². The van der Waals surface area contributed by atoms with Gasteiger partial charge in [0, 0.05) is 11.8 Å². The molecule has 100 valence electrons. The van der Waals surface area contributed by atoms with Crippen LogP contribution in [0.3, 0.4) is 0 Å². The van der Waals surface area contributed by atoms with E-state index in [-0.39, 0.29) is 5.82 Å². The summed E-state index contributed by atoms with van der Waals surface area (Å²) in [5, 5.41) is 4.54. The van der Waals surface area contributed by atoms with E-state index in [4.69, 9.17) is 5.73 Å². The van der Waals surface area contributed by atoms with Crippen LogP contribution in [-0.4, -0.2) is 9.78 Å². The Morgan fingerprint density at radius 3 is 2.79 bits per heavy atom. The molecule has 1 aliphatic rings. The first-order valence-corrected chi connectivity index (χ1v) is 6.67. The third-order valence-corrected chi connectivity index (χ3v) is 3.93. The summed E-state index contributed by atoms with van der Waals surface area (Å²) in [6.07, 6.45) is 4.38. The van der Waals surface area contributed by atoms with E-state index in [0.717, 1.165) is 5.56 Å². The quantitative estimate of drug-likeness (QED) is 0.916. The molecule has 2 N–H and O–H groups in total. The van der Waals surface area contributed by atoms with Gasteiger partial charge in [-0.2, -0.15) is 5.10 Å². The van der Waals surface area contributed by atoms with Crippen LogP contribution in [0, 0.1) is 18.7 Å². The fourth-order valence-electron chi connectivity index (χ4n) is 2.37. The van der Waals surface area contributed by atoms with Crippen LogP contribution in [0.4, 0.5) is 10.1 Å². The zero-order valence-corrected chi connectivity index (χ0v) is 11.2. The molecule has 19 heavy (non-hydrogen) atoms. The molecule has 1 saturated carbocycles. The molecule has 1 aromatic carbocycles. The van der Waals surface area contributed by atoms with Crippen molar-refractivity contribution < 1.29 is 4.39 Å². The molecule has 2 aromatic rings. The van der Waals surface area contributed by atoms with E-state index in [1.807, 2.05) is 16.9 Å². The van der Waals surface area contributed by atoms with Gasteiger partial charge in [0.15, 0.2) is 0 Å². The lowest BCUT2D eigenvalue weighted by molar-refractivity contribution is 0.441. The first kappa shape index (κ1) is 12.2. The van der Waals surface area contributed by atoms with E-state index < -0.39 is 0 Å². The largest absolute Gasteiger partial charge is 0.396 e. The number of rotatable bonds is 3. The van der Waals surface area contributed by atoms with Crippen LogP contribution in [-0.2, 0) is 0 Å². The fourth-order valence-corrected chi connectivity index (χ4v) is 2.37. The van der Waals surface area contributed by atoms with Crippen LogP contribution in [0.15, 0.2) is 24.4 Å². The van der Waals surface area contributed by atoms with Gasteiger partial charge >= 0.3 is 0 Å². The molecule has 3 rings (SSSR count). The van der Waals surface area contributed by atoms with Crippen LogP contribution in [0.1, 0.15) is 31.4 Å². The second-order valence-electron chi connectivity index (χ2n) is 5.46. The number of aromatic nitrogens is 2. The lowest BCUT2D eigenvalue weighted by Crippen LogP contribution is -2.07. The van der Waals surface area contributed by atoms with Gasteiger partial charge in [0.2, 0.25) is 0 Å². The van der Waals surface area contributed by atoms with Crippen molar-refractivity contribution in [1.82, 2.24) is 9.78 Å². The van der Waals surface area contributed by atoms with E-state index in [2.05, 4.69) is 12.0 Å². The summed E-state index contributed by atoms with van der Waals surface area (Å²) in [5.41, 5.74) is 8.66. The van der Waals surface area contributed by atoms with Gasteiger partial charge in [0.05, 0.1) is 11.7 Å². The minimum Gasteiger partial charge on any atom is -0.396 e. The predicted octanol–water partition coefficient (Wildman–Crippen LogP) is 3.55. The van der Waals surface area contributed by atoms with E-state index in [1.54, 1.807) is 13.0 Å². The van der Waals surface area contributed by atoms with E-state index in [0.29, 0.717) is 28.9 Å². The van der Waals surface area contributed by atoms with Crippen molar-refractivity contribution in [1.29, 1.82) is 0 Å². The Morgan fingerprint density at radius 2 is 2.16 bits per heavy atom. The minimum absolute atomic E-state index is 0.221. The summed E-state index contributed by atoms with van der Waals surface area (Å²) in [6.45, 7) is 3.90. The number of nitrogens with two attached hydrogens (primary N) is 1. The Morgan fingerprint density at radius 1 is 1.42 bits per heavy atom. The first-order valence-electron chi connectivity index (χ1n) is 6.67. The van der Waals surface area contributed by atoms with Crippen LogP contribution in [0.25, 0.3) is 11.3 Å². The molecular formula is C15H18FN3. The highest BCUT2D eigenvalue weighted by atomic mass is 19.1. The van der Waals surface area contributed by atoms with Crippen LogP contribution < -0.4 is 5.73 Å². The molecule has 0 amide bonds. The maximum Gasteiger partial charge on any atom is 0.126 e. The number of nitrogens with zero attached hydrogens (tertiary/aromatic N) is 2. The number of nitrogen functional groups attached to an aromatic ring is 1. The molecule has 0 saturated heterocycles. The van der Waals surface area contributed by atoms with Crippen molar-refractivity contribution in [2.45, 2.75) is 32.7 Å². The highest BCUT2D eigenvalue weighted by molar-refractivity contribution is 5.72. The summed E-state index contributed by atoms with van der Waals surface area (Å²) < 4.78 is 15.5. The summed E-state index contributed by atoms with van der Waals surface area (Å²) in [5.74, 6) is 0.489. The second-order valence-corrected chi connectivity index (χ2v) is 5.46. The van der Waals surface area contributed by atoms with Crippen molar-refractivity contribution in [3.63, 3.8) is 0 Å². The number of anilines is 1. The highest BCUT2D eigenvalue weighted by Crippen LogP contribution is 2.40. The van der Waals surface area contributed by atoms with Crippen LogP contribution in [0.2, 0.25) is 0 Å². The average molecular weight is 259 g/mol. The number of hydrogen-bond donors (Lipinski definition) is 1. The number of hydrogen-bond acceptors (Lipinski definition) is 2. The molecule has 0 bridgehead atoms. The van der Waals surface area contributed by atoms with Gasteiger partial charge in [0.25, 0.3) is 0 Å². The Labute approximate surface area is 112 Å². The third kappa shape index (κ3) is 2.23. The molecule has 1 heterocycles. The van der Waals surface area contributed by atoms with Gasteiger partial charge in [-0.05, 0) is 44.2 Å². The maximum absolute atomic E-state index is 13.6.